The molecule has 0 aliphatic carbocycles. The fourth-order valence-electron chi connectivity index (χ4n) is 1.49. The fraction of sp³-hybridized carbons (Fsp3) is 0. The molecule has 0 heterocycles. The Bertz CT molecular complexity index is 628. The van der Waals surface area contributed by atoms with Crippen LogP contribution in [0.1, 0.15) is 15.9 Å². The highest BCUT2D eigenvalue weighted by Crippen LogP contribution is 2.29. The zero-order chi connectivity index (χ0) is 13.3. The van der Waals surface area contributed by atoms with Gasteiger partial charge in [0.2, 0.25) is 0 Å². The van der Waals surface area contributed by atoms with Crippen molar-refractivity contribution >= 4 is 49.2 Å². The van der Waals surface area contributed by atoms with Gasteiger partial charge in [0, 0.05) is 14.5 Å². The molecular formula is C13H6Br2ClFO. The molecule has 0 amide bonds. The molecule has 1 nitrogen and oxygen atoms in total. The van der Waals surface area contributed by atoms with Gasteiger partial charge in [0.1, 0.15) is 0 Å². The summed E-state index contributed by atoms with van der Waals surface area (Å²) in [5.41, 5.74) is 0.364. The molecular weight excluding hydrogens is 386 g/mol. The number of benzene rings is 2. The molecule has 2 aromatic carbocycles. The molecule has 0 bridgehead atoms. The summed E-state index contributed by atoms with van der Waals surface area (Å²) in [5.74, 6) is -1.11. The van der Waals surface area contributed by atoms with Crippen LogP contribution in [-0.4, -0.2) is 5.78 Å². The summed E-state index contributed by atoms with van der Waals surface area (Å²) in [5, 5.41) is -0.0872. The Morgan fingerprint density at radius 3 is 2.56 bits per heavy atom. The van der Waals surface area contributed by atoms with Crippen LogP contribution in [0.15, 0.2) is 45.3 Å². The zero-order valence-electron chi connectivity index (χ0n) is 8.88. The Balaban J connectivity index is 2.50. The first-order valence-corrected chi connectivity index (χ1v) is 6.91. The minimum atomic E-state index is -0.712. The van der Waals surface area contributed by atoms with Gasteiger partial charge < -0.3 is 0 Å². The molecule has 92 valence electrons. The molecule has 5 heteroatoms. The second-order valence-electron chi connectivity index (χ2n) is 3.56. The van der Waals surface area contributed by atoms with Gasteiger partial charge in [-0.15, -0.1) is 0 Å². The van der Waals surface area contributed by atoms with Crippen LogP contribution in [0.5, 0.6) is 0 Å². The Kier molecular flexibility index (Phi) is 4.20. The summed E-state index contributed by atoms with van der Waals surface area (Å²) >= 11 is 12.1. The summed E-state index contributed by atoms with van der Waals surface area (Å²) in [6.07, 6.45) is 0. The average molecular weight is 392 g/mol. The Hall–Kier alpha value is -0.710. The van der Waals surface area contributed by atoms with Crippen molar-refractivity contribution in [1.29, 1.82) is 0 Å². The van der Waals surface area contributed by atoms with E-state index in [0.717, 1.165) is 4.47 Å². The lowest BCUT2D eigenvalue weighted by molar-refractivity contribution is 0.103. The van der Waals surface area contributed by atoms with Gasteiger partial charge >= 0.3 is 0 Å². The van der Waals surface area contributed by atoms with Crippen molar-refractivity contribution in [3.05, 3.63) is 67.3 Å². The SMILES string of the molecule is O=C(c1cccc(Br)c1)c1ccc(Br)c(Cl)c1F. The molecule has 0 aromatic heterocycles. The van der Waals surface area contributed by atoms with Crippen LogP contribution in [0, 0.1) is 5.82 Å². The molecule has 0 atom stereocenters. The van der Waals surface area contributed by atoms with E-state index in [2.05, 4.69) is 31.9 Å². The van der Waals surface area contributed by atoms with E-state index in [9.17, 15) is 9.18 Å². The maximum atomic E-state index is 13.9. The van der Waals surface area contributed by atoms with Crippen LogP contribution in [0.3, 0.4) is 0 Å². The van der Waals surface area contributed by atoms with E-state index in [1.165, 1.54) is 6.07 Å². The van der Waals surface area contributed by atoms with Crippen molar-refractivity contribution < 1.29 is 9.18 Å². The molecule has 0 spiro atoms. The summed E-state index contributed by atoms with van der Waals surface area (Å²) in [7, 11) is 0. The van der Waals surface area contributed by atoms with E-state index in [4.69, 9.17) is 11.6 Å². The standard InChI is InChI=1S/C13H6Br2ClFO/c14-8-3-1-2-7(6-8)13(18)9-4-5-10(15)11(16)12(9)17/h1-6H. The van der Waals surface area contributed by atoms with Crippen molar-refractivity contribution in [3.63, 3.8) is 0 Å². The molecule has 0 saturated heterocycles. The lowest BCUT2D eigenvalue weighted by Gasteiger charge is -2.06. The molecule has 0 fully saturated rings. The second-order valence-corrected chi connectivity index (χ2v) is 5.71. The molecule has 0 radical (unpaired) electrons. The van der Waals surface area contributed by atoms with Crippen molar-refractivity contribution in [3.8, 4) is 0 Å². The summed E-state index contributed by atoms with van der Waals surface area (Å²) in [6.45, 7) is 0. The maximum absolute atomic E-state index is 13.9. The minimum absolute atomic E-state index is 0.0405. The van der Waals surface area contributed by atoms with E-state index in [1.807, 2.05) is 0 Å². The quantitative estimate of drug-likeness (QED) is 0.505. The molecule has 2 aromatic rings. The van der Waals surface area contributed by atoms with Crippen LogP contribution in [0.4, 0.5) is 4.39 Å². The van der Waals surface area contributed by atoms with E-state index < -0.39 is 11.6 Å². The first-order chi connectivity index (χ1) is 8.50. The van der Waals surface area contributed by atoms with E-state index >= 15 is 0 Å². The third kappa shape index (κ3) is 2.66. The Morgan fingerprint density at radius 1 is 1.17 bits per heavy atom. The second kappa shape index (κ2) is 5.51. The predicted octanol–water partition coefficient (Wildman–Crippen LogP) is 5.24. The van der Waals surface area contributed by atoms with Gasteiger partial charge in [0.05, 0.1) is 10.6 Å². The topological polar surface area (TPSA) is 17.1 Å². The van der Waals surface area contributed by atoms with Gasteiger partial charge in [-0.1, -0.05) is 39.7 Å². The number of hydrogen-bond acceptors (Lipinski definition) is 1. The number of carbonyl (C=O) groups excluding carboxylic acids is 1. The van der Waals surface area contributed by atoms with Gasteiger partial charge in [-0.2, -0.15) is 0 Å². The van der Waals surface area contributed by atoms with Crippen LogP contribution in [-0.2, 0) is 0 Å². The molecule has 0 aliphatic heterocycles. The highest BCUT2D eigenvalue weighted by molar-refractivity contribution is 9.10. The van der Waals surface area contributed by atoms with Gasteiger partial charge in [0.15, 0.2) is 11.6 Å². The molecule has 0 saturated carbocycles. The van der Waals surface area contributed by atoms with E-state index in [1.54, 1.807) is 30.3 Å². The average Bonchev–Trinajstić information content (AvgIpc) is 2.35. The first kappa shape index (κ1) is 13.7. The number of ketones is 1. The lowest BCUT2D eigenvalue weighted by Crippen LogP contribution is -2.04. The molecule has 2 rings (SSSR count). The third-order valence-electron chi connectivity index (χ3n) is 2.37. The highest BCUT2D eigenvalue weighted by Gasteiger charge is 2.18. The molecule has 0 aliphatic rings. The number of rotatable bonds is 2. The van der Waals surface area contributed by atoms with Crippen molar-refractivity contribution in [1.82, 2.24) is 0 Å². The Labute approximate surface area is 125 Å². The van der Waals surface area contributed by atoms with Crippen LogP contribution in [0.25, 0.3) is 0 Å². The van der Waals surface area contributed by atoms with E-state index in [0.29, 0.717) is 10.0 Å². The van der Waals surface area contributed by atoms with Gasteiger partial charge in [-0.3, -0.25) is 4.79 Å². The smallest absolute Gasteiger partial charge is 0.196 e. The Morgan fingerprint density at radius 2 is 1.89 bits per heavy atom. The van der Waals surface area contributed by atoms with Gasteiger partial charge in [0.25, 0.3) is 0 Å². The lowest BCUT2D eigenvalue weighted by atomic mass is 10.0. The monoisotopic (exact) mass is 390 g/mol. The van der Waals surface area contributed by atoms with Crippen molar-refractivity contribution in [2.75, 3.05) is 0 Å². The fourth-order valence-corrected chi connectivity index (χ4v) is 2.36. The van der Waals surface area contributed by atoms with Crippen molar-refractivity contribution in [2.24, 2.45) is 0 Å². The van der Waals surface area contributed by atoms with Gasteiger partial charge in [-0.05, 0) is 40.2 Å². The number of halogens is 4. The number of carbonyl (C=O) groups is 1. The van der Waals surface area contributed by atoms with Crippen LogP contribution >= 0.6 is 43.5 Å². The molecule has 0 N–H and O–H groups in total. The first-order valence-electron chi connectivity index (χ1n) is 4.94. The van der Waals surface area contributed by atoms with Gasteiger partial charge in [-0.25, -0.2) is 4.39 Å². The third-order valence-corrected chi connectivity index (χ3v) is 4.12. The van der Waals surface area contributed by atoms with Crippen molar-refractivity contribution in [2.45, 2.75) is 0 Å². The molecule has 18 heavy (non-hydrogen) atoms. The van der Waals surface area contributed by atoms with E-state index in [-0.39, 0.29) is 10.6 Å². The van der Waals surface area contributed by atoms with Crippen LogP contribution < -0.4 is 0 Å². The minimum Gasteiger partial charge on any atom is -0.288 e. The molecule has 0 unspecified atom stereocenters. The highest BCUT2D eigenvalue weighted by atomic mass is 79.9. The largest absolute Gasteiger partial charge is 0.288 e. The summed E-state index contributed by atoms with van der Waals surface area (Å²) in [6, 6.07) is 9.74. The van der Waals surface area contributed by atoms with Crippen LogP contribution in [0.2, 0.25) is 5.02 Å². The predicted molar refractivity (Wildman–Crippen MR) is 76.7 cm³/mol. The summed E-state index contributed by atoms with van der Waals surface area (Å²) in [4.78, 5) is 12.1. The number of hydrogen-bond donors (Lipinski definition) is 0. The normalized spacial score (nSPS) is 10.4. The maximum Gasteiger partial charge on any atom is 0.196 e. The summed E-state index contributed by atoms with van der Waals surface area (Å²) < 4.78 is 15.1. The zero-order valence-corrected chi connectivity index (χ0v) is 12.8.